The normalized spacial score (nSPS) is 16.0. The van der Waals surface area contributed by atoms with Crippen LogP contribution in [0.4, 0.5) is 5.69 Å². The minimum absolute atomic E-state index is 0.540. The number of hydrogen-bond donors (Lipinski definition) is 1. The van der Waals surface area contributed by atoms with Crippen LogP contribution in [-0.4, -0.2) is 28.3 Å². The van der Waals surface area contributed by atoms with Crippen molar-refractivity contribution in [2.24, 2.45) is 0 Å². The van der Waals surface area contributed by atoms with Gasteiger partial charge in [0.1, 0.15) is 6.07 Å². The van der Waals surface area contributed by atoms with Crippen LogP contribution in [0.1, 0.15) is 41.4 Å². The summed E-state index contributed by atoms with van der Waals surface area (Å²) < 4.78 is 0. The van der Waals surface area contributed by atoms with Gasteiger partial charge in [-0.25, -0.2) is 0 Å². The summed E-state index contributed by atoms with van der Waals surface area (Å²) in [5, 5.41) is 16.5. The van der Waals surface area contributed by atoms with E-state index in [9.17, 15) is 5.26 Å². The highest BCUT2D eigenvalue weighted by Gasteiger charge is 2.24. The second-order valence-corrected chi connectivity index (χ2v) is 5.63. The number of nitrogens with one attached hydrogen (secondary N) is 1. The molecule has 0 aliphatic carbocycles. The van der Waals surface area contributed by atoms with Gasteiger partial charge in [-0.05, 0) is 38.8 Å². The minimum Gasteiger partial charge on any atom is -0.370 e. The van der Waals surface area contributed by atoms with Gasteiger partial charge >= 0.3 is 0 Å². The minimum atomic E-state index is 0.540. The van der Waals surface area contributed by atoms with Crippen LogP contribution < -0.4 is 4.90 Å². The van der Waals surface area contributed by atoms with Gasteiger partial charge in [0.2, 0.25) is 0 Å². The number of nitrogens with zero attached hydrogens (tertiary/aromatic N) is 4. The molecule has 1 saturated heterocycles. The molecule has 2 aromatic rings. The smallest absolute Gasteiger partial charge is 0.103 e. The molecule has 21 heavy (non-hydrogen) atoms. The molecule has 1 aliphatic rings. The molecule has 0 aromatic carbocycles. The first-order chi connectivity index (χ1) is 10.2. The van der Waals surface area contributed by atoms with E-state index in [1.807, 2.05) is 26.1 Å². The molecule has 1 aliphatic heterocycles. The zero-order chi connectivity index (χ0) is 14.8. The van der Waals surface area contributed by atoms with Gasteiger partial charge in [0, 0.05) is 36.6 Å². The van der Waals surface area contributed by atoms with Crippen LogP contribution in [0.2, 0.25) is 0 Å². The second kappa shape index (κ2) is 5.57. The molecule has 1 fully saturated rings. The monoisotopic (exact) mass is 281 g/mol. The molecule has 5 nitrogen and oxygen atoms in total. The average molecular weight is 281 g/mol. The van der Waals surface area contributed by atoms with E-state index in [-0.39, 0.29) is 0 Å². The maximum atomic E-state index is 9.39. The van der Waals surface area contributed by atoms with E-state index < -0.39 is 0 Å². The Labute approximate surface area is 124 Å². The molecule has 0 saturated carbocycles. The third-order valence-corrected chi connectivity index (χ3v) is 4.22. The first-order valence-corrected chi connectivity index (χ1v) is 7.31. The van der Waals surface area contributed by atoms with Crippen LogP contribution in [0.5, 0.6) is 0 Å². The number of aryl methyl sites for hydroxylation is 2. The number of pyridine rings is 1. The number of aromatic nitrogens is 3. The molecule has 108 valence electrons. The second-order valence-electron chi connectivity index (χ2n) is 5.63. The van der Waals surface area contributed by atoms with Gasteiger partial charge in [0.05, 0.1) is 16.9 Å². The number of H-pyrrole nitrogens is 1. The Morgan fingerprint density at radius 3 is 2.71 bits per heavy atom. The molecule has 3 rings (SSSR count). The largest absolute Gasteiger partial charge is 0.370 e. The van der Waals surface area contributed by atoms with E-state index >= 15 is 0 Å². The molecule has 0 atom stereocenters. The topological polar surface area (TPSA) is 68.6 Å². The van der Waals surface area contributed by atoms with Crippen molar-refractivity contribution in [2.75, 3.05) is 18.0 Å². The highest BCUT2D eigenvalue weighted by atomic mass is 15.1. The summed E-state index contributed by atoms with van der Waals surface area (Å²) in [5.41, 5.74) is 4.75. The summed E-state index contributed by atoms with van der Waals surface area (Å²) in [6.45, 7) is 5.81. The van der Waals surface area contributed by atoms with E-state index in [1.54, 1.807) is 0 Å². The molecule has 2 aromatic heterocycles. The fraction of sp³-hybridized carbons (Fsp3) is 0.438. The Morgan fingerprint density at radius 1 is 1.33 bits per heavy atom. The van der Waals surface area contributed by atoms with Crippen LogP contribution in [-0.2, 0) is 0 Å². The van der Waals surface area contributed by atoms with Gasteiger partial charge in [0.25, 0.3) is 0 Å². The Hall–Kier alpha value is -2.35. The Kier molecular flexibility index (Phi) is 3.61. The maximum absolute atomic E-state index is 9.39. The van der Waals surface area contributed by atoms with Crippen molar-refractivity contribution in [2.45, 2.75) is 32.6 Å². The molecule has 0 bridgehead atoms. The van der Waals surface area contributed by atoms with Crippen molar-refractivity contribution in [3.05, 3.63) is 41.0 Å². The highest BCUT2D eigenvalue weighted by molar-refractivity contribution is 5.61. The molecule has 0 spiro atoms. The van der Waals surface area contributed by atoms with Crippen molar-refractivity contribution in [3.8, 4) is 6.07 Å². The predicted molar refractivity (Wildman–Crippen MR) is 81.2 cm³/mol. The molecule has 0 radical (unpaired) electrons. The van der Waals surface area contributed by atoms with Crippen molar-refractivity contribution in [1.29, 1.82) is 5.26 Å². The number of anilines is 1. The lowest BCUT2D eigenvalue weighted by atomic mass is 9.93. The first kappa shape index (κ1) is 13.6. The molecule has 0 unspecified atom stereocenters. The average Bonchev–Trinajstić information content (AvgIpc) is 3.01. The standard InChI is InChI=1S/C16H19N5/c1-11-9-16(14(10-17)12(2)19-11)21-7-4-13(5-8-21)15-3-6-18-20-15/h3,6,9,13H,4-5,7-8H2,1-2H3,(H,18,20). The third kappa shape index (κ3) is 2.62. The Balaban J connectivity index is 1.80. The highest BCUT2D eigenvalue weighted by Crippen LogP contribution is 2.31. The Bertz CT molecular complexity index is 661. The van der Waals surface area contributed by atoms with Gasteiger partial charge in [-0.3, -0.25) is 10.1 Å². The van der Waals surface area contributed by atoms with Gasteiger partial charge in [-0.15, -0.1) is 0 Å². The van der Waals surface area contributed by atoms with E-state index in [1.165, 1.54) is 5.69 Å². The van der Waals surface area contributed by atoms with Gasteiger partial charge in [-0.1, -0.05) is 0 Å². The SMILES string of the molecule is Cc1cc(N2CCC(c3ccn[nH]3)CC2)c(C#N)c(C)n1. The summed E-state index contributed by atoms with van der Waals surface area (Å²) in [6.07, 6.45) is 3.96. The number of nitriles is 1. The van der Waals surface area contributed by atoms with E-state index in [0.29, 0.717) is 11.5 Å². The Morgan fingerprint density at radius 2 is 2.10 bits per heavy atom. The maximum Gasteiger partial charge on any atom is 0.103 e. The fourth-order valence-electron chi connectivity index (χ4n) is 3.12. The van der Waals surface area contributed by atoms with Crippen molar-refractivity contribution >= 4 is 5.69 Å². The van der Waals surface area contributed by atoms with E-state index in [2.05, 4.69) is 32.2 Å². The summed E-state index contributed by atoms with van der Waals surface area (Å²) in [5.74, 6) is 0.540. The lowest BCUT2D eigenvalue weighted by Crippen LogP contribution is -2.33. The van der Waals surface area contributed by atoms with Gasteiger partial charge in [-0.2, -0.15) is 10.4 Å². The molecule has 0 amide bonds. The molecule has 5 heteroatoms. The molecule has 3 heterocycles. The van der Waals surface area contributed by atoms with Crippen LogP contribution in [0.3, 0.4) is 0 Å². The van der Waals surface area contributed by atoms with Gasteiger partial charge < -0.3 is 4.90 Å². The van der Waals surface area contributed by atoms with E-state index in [0.717, 1.165) is 43.0 Å². The summed E-state index contributed by atoms with van der Waals surface area (Å²) >= 11 is 0. The molecular formula is C16H19N5. The lowest BCUT2D eigenvalue weighted by Gasteiger charge is -2.34. The van der Waals surface area contributed by atoms with Crippen molar-refractivity contribution in [3.63, 3.8) is 0 Å². The fourth-order valence-corrected chi connectivity index (χ4v) is 3.12. The van der Waals surface area contributed by atoms with Gasteiger partial charge in [0.15, 0.2) is 0 Å². The predicted octanol–water partition coefficient (Wildman–Crippen LogP) is 2.68. The number of aromatic amines is 1. The molecule has 1 N–H and O–H groups in total. The number of hydrogen-bond acceptors (Lipinski definition) is 4. The quantitative estimate of drug-likeness (QED) is 0.919. The number of rotatable bonds is 2. The molecular weight excluding hydrogens is 262 g/mol. The van der Waals surface area contributed by atoms with Crippen LogP contribution in [0.15, 0.2) is 18.3 Å². The summed E-state index contributed by atoms with van der Waals surface area (Å²) in [4.78, 5) is 6.71. The van der Waals surface area contributed by atoms with Crippen molar-refractivity contribution < 1.29 is 0 Å². The van der Waals surface area contributed by atoms with Crippen LogP contribution in [0.25, 0.3) is 0 Å². The van der Waals surface area contributed by atoms with Crippen LogP contribution in [0, 0.1) is 25.2 Å². The number of piperidine rings is 1. The van der Waals surface area contributed by atoms with Crippen LogP contribution >= 0.6 is 0 Å². The lowest BCUT2D eigenvalue weighted by molar-refractivity contribution is 0.495. The first-order valence-electron chi connectivity index (χ1n) is 7.31. The summed E-state index contributed by atoms with van der Waals surface area (Å²) in [6, 6.07) is 6.39. The zero-order valence-corrected chi connectivity index (χ0v) is 12.4. The van der Waals surface area contributed by atoms with E-state index in [4.69, 9.17) is 0 Å². The van der Waals surface area contributed by atoms with Crippen molar-refractivity contribution in [1.82, 2.24) is 15.2 Å². The zero-order valence-electron chi connectivity index (χ0n) is 12.4. The third-order valence-electron chi connectivity index (χ3n) is 4.22. The summed E-state index contributed by atoms with van der Waals surface area (Å²) in [7, 11) is 0.